The van der Waals surface area contributed by atoms with Gasteiger partial charge in [-0.3, -0.25) is 0 Å². The van der Waals surface area contributed by atoms with Crippen LogP contribution in [0.2, 0.25) is 101 Å². The van der Waals surface area contributed by atoms with E-state index in [0.29, 0.717) is 105 Å². The van der Waals surface area contributed by atoms with Gasteiger partial charge in [0.25, 0.3) is 0 Å². The smallest absolute Gasteiger partial charge is 0.309 e. The van der Waals surface area contributed by atoms with Gasteiger partial charge in [0.15, 0.2) is 0 Å². The highest BCUT2D eigenvalue weighted by atomic mass is 31.2. The van der Waals surface area contributed by atoms with Gasteiger partial charge < -0.3 is 27.1 Å². The minimum absolute atomic E-state index is 0.140. The number of hydrogen-bond donors (Lipinski definition) is 0. The second-order valence-electron chi connectivity index (χ2n) is 30.4. The van der Waals surface area contributed by atoms with Crippen molar-refractivity contribution in [2.75, 3.05) is 0 Å². The molecule has 0 aromatic carbocycles. The van der Waals surface area contributed by atoms with Crippen molar-refractivity contribution in [1.29, 1.82) is 0 Å². The molecule has 8 rings (SSSR count). The zero-order valence-corrected chi connectivity index (χ0v) is 53.5. The second-order valence-corrected chi connectivity index (χ2v) is 54.5. The van der Waals surface area contributed by atoms with E-state index in [4.69, 9.17) is 27.1 Å². The monoisotopic (exact) mass is 1050 g/mol. The maximum absolute atomic E-state index is 7.73. The molecule has 6 aliphatic carbocycles. The molecule has 2 aliphatic heterocycles. The van der Waals surface area contributed by atoms with Gasteiger partial charge in [-0.2, -0.15) is 0 Å². The molecule has 8 fully saturated rings. The highest BCUT2D eigenvalue weighted by Gasteiger charge is 2.62. The van der Waals surface area contributed by atoms with Crippen LogP contribution in [-0.2, 0) is 27.1 Å². The zero-order valence-electron chi connectivity index (χ0n) is 47.7. The van der Waals surface area contributed by atoms with Gasteiger partial charge in [-0.05, 0) is 156 Å². The molecule has 6 saturated carbocycles. The van der Waals surface area contributed by atoms with Crippen LogP contribution in [0, 0.1) is 82.9 Å². The van der Waals surface area contributed by atoms with Crippen LogP contribution in [0.1, 0.15) is 132 Å². The molecule has 2 heterocycles. The lowest BCUT2D eigenvalue weighted by molar-refractivity contribution is -0.0544. The molecule has 2 saturated heterocycles. The van der Waals surface area contributed by atoms with E-state index in [2.05, 4.69) is 134 Å². The average molecular weight is 1050 g/mol. The Kier molecular flexibility index (Phi) is 17.3. The van der Waals surface area contributed by atoms with E-state index in [0.717, 1.165) is 12.8 Å². The Hall–Kier alpha value is 1.49. The largest absolute Gasteiger partial charge is 0.333 e. The summed E-state index contributed by atoms with van der Waals surface area (Å²) in [6, 6.07) is 0. The first kappa shape index (κ1) is 55.7. The summed E-state index contributed by atoms with van der Waals surface area (Å²) in [6.45, 7) is 52.1. The summed E-state index contributed by atoms with van der Waals surface area (Å²) in [5.74, 6) is 8.32. The lowest BCUT2D eigenvalue weighted by Gasteiger charge is -2.56. The Bertz CT molecular complexity index is 1470. The van der Waals surface area contributed by atoms with Crippen molar-refractivity contribution in [2.24, 2.45) is 82.9 Å². The topological polar surface area (TPSA) is 55.4 Å². The Morgan fingerprint density at radius 1 is 0.338 bits per heavy atom. The predicted octanol–water partition coefficient (Wildman–Crippen LogP) is 18.2. The molecule has 0 radical (unpaired) electrons. The molecule has 26 atom stereocenters. The summed E-state index contributed by atoms with van der Waals surface area (Å²) in [5, 5.41) is 0. The summed E-state index contributed by atoms with van der Waals surface area (Å²) >= 11 is 0. The van der Waals surface area contributed by atoms with Crippen molar-refractivity contribution >= 4 is 49.5 Å². The molecule has 68 heavy (non-hydrogen) atoms. The molecule has 0 aromatic heterocycles. The molecule has 0 bridgehead atoms. The summed E-state index contributed by atoms with van der Waals surface area (Å²) in [4.78, 5) is 0. The van der Waals surface area contributed by atoms with Crippen LogP contribution in [0.3, 0.4) is 0 Å². The minimum atomic E-state index is -1.58. The summed E-state index contributed by atoms with van der Waals surface area (Å²) in [5.41, 5.74) is 2.48. The first-order valence-electron chi connectivity index (χ1n) is 29.2. The summed E-state index contributed by atoms with van der Waals surface area (Å²) < 4.78 is 46.3. The van der Waals surface area contributed by atoms with Crippen LogP contribution in [0.4, 0.5) is 0 Å². The second kappa shape index (κ2) is 21.1. The van der Waals surface area contributed by atoms with Crippen LogP contribution in [-0.4, -0.2) is 68.9 Å². The van der Waals surface area contributed by atoms with Crippen molar-refractivity contribution in [3.8, 4) is 0 Å². The van der Waals surface area contributed by atoms with E-state index >= 15 is 0 Å². The van der Waals surface area contributed by atoms with Crippen LogP contribution >= 0.6 is 17.2 Å². The minimum Gasteiger partial charge on any atom is -0.309 e. The first-order valence-corrected chi connectivity index (χ1v) is 45.7. The third kappa shape index (κ3) is 11.2. The van der Waals surface area contributed by atoms with Gasteiger partial charge in [0.05, 0.1) is 68.9 Å². The average Bonchev–Trinajstić information content (AvgIpc) is 3.51. The SMILES string of the molecule is CC1C[C@@H]([Si](C)(C)C)C2OP(OC3CCCCC3C3CCCCC3OP3OC4C(C5C(C)C(C)C[C@@H]([Si](C)(C)C)C5O3)[C@H](C)[C@H](C)CC4[Si](C)(C)C)OC3C(C2C1C)[C@H](C)[C@H](C)CC3[Si](C)(C)C. The van der Waals surface area contributed by atoms with E-state index in [1.807, 2.05) is 0 Å². The fourth-order valence-corrected chi connectivity index (χ4v) is 30.4. The first-order chi connectivity index (χ1) is 31.6. The number of fused-ring (bicyclic) bond motifs is 6. The van der Waals surface area contributed by atoms with Crippen molar-refractivity contribution in [3.05, 3.63) is 0 Å². The van der Waals surface area contributed by atoms with Gasteiger partial charge in [-0.1, -0.05) is 160 Å². The zero-order chi connectivity index (χ0) is 49.7. The van der Waals surface area contributed by atoms with Crippen LogP contribution in [0.15, 0.2) is 0 Å². The molecule has 0 spiro atoms. The van der Waals surface area contributed by atoms with E-state index in [-0.39, 0.29) is 36.6 Å². The van der Waals surface area contributed by atoms with Crippen LogP contribution in [0.5, 0.6) is 0 Å². The highest BCUT2D eigenvalue weighted by Crippen LogP contribution is 2.68. The molecular weight excluding hydrogens is 943 g/mol. The maximum atomic E-state index is 7.73. The lowest BCUT2D eigenvalue weighted by Crippen LogP contribution is -2.56. The summed E-state index contributed by atoms with van der Waals surface area (Å²) in [7, 11) is -9.34. The van der Waals surface area contributed by atoms with Gasteiger partial charge in [-0.15, -0.1) is 0 Å². The third-order valence-corrected chi connectivity index (χ3v) is 36.0. The third-order valence-electron chi connectivity index (χ3n) is 22.3. The molecule has 394 valence electrons. The van der Waals surface area contributed by atoms with Crippen molar-refractivity contribution in [1.82, 2.24) is 0 Å². The Morgan fingerprint density at radius 2 is 0.559 bits per heavy atom. The Balaban J connectivity index is 1.11. The van der Waals surface area contributed by atoms with Gasteiger partial charge in [0, 0.05) is 0 Å². The number of rotatable bonds is 9. The molecule has 20 unspecified atom stereocenters. The van der Waals surface area contributed by atoms with E-state index < -0.39 is 49.5 Å². The van der Waals surface area contributed by atoms with Crippen LogP contribution < -0.4 is 0 Å². The van der Waals surface area contributed by atoms with Gasteiger partial charge in [-0.25, -0.2) is 0 Å². The van der Waals surface area contributed by atoms with Crippen molar-refractivity contribution in [3.63, 3.8) is 0 Å². The maximum Gasteiger partial charge on any atom is 0.333 e. The Labute approximate surface area is 426 Å². The highest BCUT2D eigenvalue weighted by molar-refractivity contribution is 7.42. The number of hydrogen-bond acceptors (Lipinski definition) is 6. The van der Waals surface area contributed by atoms with Crippen molar-refractivity contribution in [2.45, 2.75) is 270 Å². The molecule has 12 heteroatoms. The van der Waals surface area contributed by atoms with Crippen molar-refractivity contribution < 1.29 is 27.1 Å². The predicted molar refractivity (Wildman–Crippen MR) is 301 cm³/mol. The van der Waals surface area contributed by atoms with Gasteiger partial charge in [0.1, 0.15) is 0 Å². The standard InChI is InChI=1S/C56H108O6P2Si4/c1-33-29-45(65(9,10)11)53-49(37(33)5)50-38(6)34(2)30-46(66(12,13)14)54(50)60-63(59-53)57-43-27-23-21-25-41(43)42-26-22-24-28-44(42)58-64-61-55-47(67(15,16)17)31-35(3)39(7)51(55)52-40(8)36(4)32-48(56(52)62-64)68(18,19)20/h33-56H,21-32H2,1-20H3/t33-,34?,35-,36?,37-,38?,39-,40?,41?,42?,43?,44?,45?,46-,47?,48-,49?,50?,51?,52?,53?,54?,55?,56?,63?,64?/m1/s1. The van der Waals surface area contributed by atoms with Crippen LogP contribution in [0.25, 0.3) is 0 Å². The quantitative estimate of drug-likeness (QED) is 0.169. The molecule has 0 N–H and O–H groups in total. The van der Waals surface area contributed by atoms with E-state index in [9.17, 15) is 0 Å². The lowest BCUT2D eigenvalue weighted by atomic mass is 9.58. The summed E-state index contributed by atoms with van der Waals surface area (Å²) in [6.07, 6.45) is 16.0. The molecule has 0 aromatic rings. The van der Waals surface area contributed by atoms with Gasteiger partial charge >= 0.3 is 17.2 Å². The molecular formula is C56H108O6P2Si4. The molecule has 0 amide bonds. The fourth-order valence-electron chi connectivity index (χ4n) is 17.3. The Morgan fingerprint density at radius 3 is 0.779 bits per heavy atom. The molecule has 8 aliphatic rings. The van der Waals surface area contributed by atoms with Gasteiger partial charge in [0.2, 0.25) is 0 Å². The fraction of sp³-hybridized carbons (Fsp3) is 1.00. The van der Waals surface area contributed by atoms with E-state index in [1.54, 1.807) is 0 Å². The normalized spacial score (nSPS) is 51.0. The molecule has 6 nitrogen and oxygen atoms in total. The van der Waals surface area contributed by atoms with E-state index in [1.165, 1.54) is 64.2 Å².